The van der Waals surface area contributed by atoms with Gasteiger partial charge in [0.1, 0.15) is 0 Å². The normalized spacial score (nSPS) is 19.9. The summed E-state index contributed by atoms with van der Waals surface area (Å²) in [5.41, 5.74) is 1.54. The van der Waals surface area contributed by atoms with Gasteiger partial charge in [0.25, 0.3) is 0 Å². The Morgan fingerprint density at radius 1 is 0.897 bits per heavy atom. The highest BCUT2D eigenvalue weighted by Gasteiger charge is 2.21. The standard InChI is InChI=1S/C22H29N3O3S/c26-19-12-11-16(20(27)21(19)28)13-23-25-18(15-7-3-1-4-8-15)14-29-22(25)24-17-9-5-2-6-10-17/h11-15,17,26-28H,1-10H2/b23-13+,24-22?. The van der Waals surface area contributed by atoms with Crippen molar-refractivity contribution in [2.24, 2.45) is 10.1 Å². The lowest BCUT2D eigenvalue weighted by Gasteiger charge is -2.21. The summed E-state index contributed by atoms with van der Waals surface area (Å²) in [4.78, 5) is 5.92. The van der Waals surface area contributed by atoms with Crippen LogP contribution in [-0.4, -0.2) is 32.3 Å². The zero-order valence-corrected chi connectivity index (χ0v) is 17.4. The van der Waals surface area contributed by atoms with E-state index in [-0.39, 0.29) is 11.5 Å². The molecule has 1 aromatic heterocycles. The number of hydrogen-bond donors (Lipinski definition) is 3. The van der Waals surface area contributed by atoms with E-state index in [4.69, 9.17) is 4.99 Å². The lowest BCUT2D eigenvalue weighted by atomic mass is 9.87. The molecule has 0 radical (unpaired) electrons. The number of rotatable bonds is 4. The van der Waals surface area contributed by atoms with Crippen LogP contribution < -0.4 is 4.80 Å². The van der Waals surface area contributed by atoms with E-state index < -0.39 is 5.75 Å². The quantitative estimate of drug-likeness (QED) is 0.493. The summed E-state index contributed by atoms with van der Waals surface area (Å²) in [7, 11) is 0. The van der Waals surface area contributed by atoms with Gasteiger partial charge in [-0.3, -0.25) is 4.99 Å². The number of aromatic hydroxyl groups is 3. The van der Waals surface area contributed by atoms with Crippen LogP contribution in [0.5, 0.6) is 17.2 Å². The van der Waals surface area contributed by atoms with Crippen molar-refractivity contribution >= 4 is 17.6 Å². The lowest BCUT2D eigenvalue weighted by Crippen LogP contribution is -2.21. The van der Waals surface area contributed by atoms with Gasteiger partial charge in [-0.25, -0.2) is 4.68 Å². The minimum absolute atomic E-state index is 0.348. The number of phenols is 3. The van der Waals surface area contributed by atoms with E-state index in [1.54, 1.807) is 17.4 Å². The number of benzene rings is 1. The molecule has 0 amide bonds. The van der Waals surface area contributed by atoms with Gasteiger partial charge < -0.3 is 15.3 Å². The first-order valence-electron chi connectivity index (χ1n) is 10.7. The van der Waals surface area contributed by atoms with Crippen molar-refractivity contribution in [1.29, 1.82) is 0 Å². The van der Waals surface area contributed by atoms with Crippen molar-refractivity contribution in [2.75, 3.05) is 0 Å². The molecule has 2 fully saturated rings. The maximum absolute atomic E-state index is 10.1. The largest absolute Gasteiger partial charge is 0.504 e. The summed E-state index contributed by atoms with van der Waals surface area (Å²) in [5.74, 6) is -0.758. The van der Waals surface area contributed by atoms with Gasteiger partial charge in [-0.1, -0.05) is 38.5 Å². The number of nitrogens with zero attached hydrogens (tertiary/aromatic N) is 3. The van der Waals surface area contributed by atoms with Crippen LogP contribution in [-0.2, 0) is 0 Å². The van der Waals surface area contributed by atoms with Crippen LogP contribution in [0.3, 0.4) is 0 Å². The van der Waals surface area contributed by atoms with Crippen molar-refractivity contribution in [3.63, 3.8) is 0 Å². The third-order valence-electron chi connectivity index (χ3n) is 6.08. The summed E-state index contributed by atoms with van der Waals surface area (Å²) in [6.45, 7) is 0. The number of thiazole rings is 1. The second kappa shape index (κ2) is 9.03. The van der Waals surface area contributed by atoms with Crippen LogP contribution in [0.2, 0.25) is 0 Å². The topological polar surface area (TPSA) is 90.3 Å². The summed E-state index contributed by atoms with van der Waals surface area (Å²) in [6.07, 6.45) is 13.7. The Hall–Kier alpha value is -2.28. The Labute approximate surface area is 174 Å². The molecule has 7 heteroatoms. The molecule has 0 aliphatic heterocycles. The first-order chi connectivity index (χ1) is 14.1. The minimum Gasteiger partial charge on any atom is -0.504 e. The molecule has 1 aromatic carbocycles. The summed E-state index contributed by atoms with van der Waals surface area (Å²) in [6, 6.07) is 3.25. The van der Waals surface area contributed by atoms with Crippen LogP contribution in [0, 0.1) is 0 Å². The molecule has 2 aliphatic rings. The second-order valence-corrected chi connectivity index (χ2v) is 8.96. The Kier molecular flexibility index (Phi) is 6.23. The fraction of sp³-hybridized carbons (Fsp3) is 0.545. The van der Waals surface area contributed by atoms with Crippen molar-refractivity contribution < 1.29 is 15.3 Å². The minimum atomic E-state index is -0.524. The van der Waals surface area contributed by atoms with Gasteiger partial charge in [-0.15, -0.1) is 11.3 Å². The van der Waals surface area contributed by atoms with Crippen LogP contribution >= 0.6 is 11.3 Å². The van der Waals surface area contributed by atoms with E-state index in [0.717, 1.165) is 17.6 Å². The summed E-state index contributed by atoms with van der Waals surface area (Å²) in [5, 5.41) is 36.3. The third-order valence-corrected chi connectivity index (χ3v) is 6.92. The average molecular weight is 416 g/mol. The number of aromatic nitrogens is 1. The molecule has 2 aromatic rings. The van der Waals surface area contributed by atoms with Gasteiger partial charge in [0, 0.05) is 16.9 Å². The molecule has 2 aliphatic carbocycles. The van der Waals surface area contributed by atoms with E-state index >= 15 is 0 Å². The summed E-state index contributed by atoms with van der Waals surface area (Å²) < 4.78 is 1.93. The van der Waals surface area contributed by atoms with Gasteiger partial charge in [0.2, 0.25) is 10.6 Å². The van der Waals surface area contributed by atoms with Crippen LogP contribution in [0.25, 0.3) is 0 Å². The van der Waals surface area contributed by atoms with E-state index in [9.17, 15) is 15.3 Å². The predicted molar refractivity (Wildman–Crippen MR) is 115 cm³/mol. The molecule has 0 spiro atoms. The predicted octanol–water partition coefficient (Wildman–Crippen LogP) is 4.83. The maximum Gasteiger partial charge on any atom is 0.206 e. The fourth-order valence-corrected chi connectivity index (χ4v) is 5.35. The van der Waals surface area contributed by atoms with Gasteiger partial charge in [-0.2, -0.15) is 5.10 Å². The molecule has 3 N–H and O–H groups in total. The Bertz CT molecular complexity index is 935. The van der Waals surface area contributed by atoms with Crippen molar-refractivity contribution in [3.05, 3.63) is 33.6 Å². The molecular weight excluding hydrogens is 386 g/mol. The molecular formula is C22H29N3O3S. The molecule has 1 heterocycles. The monoisotopic (exact) mass is 415 g/mol. The van der Waals surface area contributed by atoms with Gasteiger partial charge in [0.15, 0.2) is 11.5 Å². The number of hydrogen-bond acceptors (Lipinski definition) is 6. The second-order valence-electron chi connectivity index (χ2n) is 8.13. The van der Waals surface area contributed by atoms with E-state index in [2.05, 4.69) is 10.5 Å². The zero-order valence-electron chi connectivity index (χ0n) is 16.6. The molecule has 4 rings (SSSR count). The maximum atomic E-state index is 10.1. The van der Waals surface area contributed by atoms with Crippen LogP contribution in [0.1, 0.15) is 81.4 Å². The smallest absolute Gasteiger partial charge is 0.206 e. The molecule has 0 saturated heterocycles. The Morgan fingerprint density at radius 2 is 1.59 bits per heavy atom. The van der Waals surface area contributed by atoms with Crippen molar-refractivity contribution in [2.45, 2.75) is 76.2 Å². The SMILES string of the molecule is Oc1ccc(/C=N/n2c(C3CCCCC3)csc2=NC2CCCCC2)c(O)c1O. The molecule has 29 heavy (non-hydrogen) atoms. The van der Waals surface area contributed by atoms with Crippen molar-refractivity contribution in [3.8, 4) is 17.2 Å². The van der Waals surface area contributed by atoms with Gasteiger partial charge in [0.05, 0.1) is 18.0 Å². The highest BCUT2D eigenvalue weighted by atomic mass is 32.1. The molecule has 0 atom stereocenters. The molecule has 156 valence electrons. The lowest BCUT2D eigenvalue weighted by molar-refractivity contribution is 0.367. The molecule has 0 unspecified atom stereocenters. The first-order valence-corrected chi connectivity index (χ1v) is 11.5. The van der Waals surface area contributed by atoms with E-state index in [0.29, 0.717) is 17.5 Å². The average Bonchev–Trinajstić information content (AvgIpc) is 3.15. The highest BCUT2D eigenvalue weighted by molar-refractivity contribution is 7.07. The number of phenolic OH excluding ortho intramolecular Hbond substituents is 3. The van der Waals surface area contributed by atoms with Gasteiger partial charge in [-0.05, 0) is 37.8 Å². The highest BCUT2D eigenvalue weighted by Crippen LogP contribution is 2.36. The van der Waals surface area contributed by atoms with Crippen LogP contribution in [0.15, 0.2) is 27.6 Å². The molecule has 6 nitrogen and oxygen atoms in total. The first kappa shape index (κ1) is 20.0. The Morgan fingerprint density at radius 3 is 2.31 bits per heavy atom. The zero-order chi connectivity index (χ0) is 20.2. The summed E-state index contributed by atoms with van der Waals surface area (Å²) >= 11 is 1.64. The van der Waals surface area contributed by atoms with Crippen molar-refractivity contribution in [1.82, 2.24) is 4.68 Å². The van der Waals surface area contributed by atoms with E-state index in [1.165, 1.54) is 69.3 Å². The fourth-order valence-electron chi connectivity index (χ4n) is 4.37. The molecule has 0 bridgehead atoms. The molecule has 2 saturated carbocycles. The van der Waals surface area contributed by atoms with Gasteiger partial charge >= 0.3 is 0 Å². The van der Waals surface area contributed by atoms with E-state index in [1.807, 2.05) is 4.68 Å². The van der Waals surface area contributed by atoms with Crippen LogP contribution in [0.4, 0.5) is 0 Å². The Balaban J connectivity index is 1.71. The third kappa shape index (κ3) is 4.50.